The molecule has 9 nitrogen and oxygen atoms in total. The van der Waals surface area contributed by atoms with E-state index in [1.165, 1.54) is 0 Å². The van der Waals surface area contributed by atoms with Crippen molar-refractivity contribution in [3.8, 4) is 11.1 Å². The van der Waals surface area contributed by atoms with Crippen molar-refractivity contribution in [3.05, 3.63) is 59.7 Å². The van der Waals surface area contributed by atoms with Crippen molar-refractivity contribution in [2.75, 3.05) is 13.2 Å². The lowest BCUT2D eigenvalue weighted by Gasteiger charge is -2.39. The maximum Gasteiger partial charge on any atom is 0.408 e. The van der Waals surface area contributed by atoms with Gasteiger partial charge in [0.25, 0.3) is 0 Å². The number of carbonyl (C=O) groups excluding carboxylic acids is 5. The lowest BCUT2D eigenvalue weighted by molar-refractivity contribution is -0.158. The molecule has 0 atom stereocenters. The molecule has 2 saturated carbocycles. The highest BCUT2D eigenvalue weighted by Gasteiger charge is 2.48. The molecule has 1 N–H and O–H groups in total. The number of alkyl carbamates (subject to hydrolysis) is 1. The Morgan fingerprint density at radius 1 is 0.707 bits per heavy atom. The third kappa shape index (κ3) is 7.20. The van der Waals surface area contributed by atoms with Gasteiger partial charge in [0, 0.05) is 11.1 Å². The average molecular weight is 564 g/mol. The van der Waals surface area contributed by atoms with Gasteiger partial charge in [0.05, 0.1) is 5.41 Å². The standard InChI is InChI=1S/C32H37NO8/c1-30(2,3)41-29(38)33-32(17-6-18-32)28(37)40-20-26(35)24-13-9-22(10-14-24)21-7-11-23(12-8-21)25(34)19-39-27(36)31(4)15-5-16-31/h7-14H,5-6,15-20H2,1-4H3,(H,33,38). The number of rotatable bonds is 10. The summed E-state index contributed by atoms with van der Waals surface area (Å²) in [6, 6.07) is 13.8. The Balaban J connectivity index is 1.28. The molecule has 1 amide bonds. The number of esters is 2. The third-order valence-electron chi connectivity index (χ3n) is 7.70. The van der Waals surface area contributed by atoms with E-state index < -0.39 is 35.2 Å². The van der Waals surface area contributed by atoms with Gasteiger partial charge < -0.3 is 19.5 Å². The van der Waals surface area contributed by atoms with Crippen molar-refractivity contribution in [2.24, 2.45) is 5.41 Å². The van der Waals surface area contributed by atoms with Crippen LogP contribution in [0.3, 0.4) is 0 Å². The van der Waals surface area contributed by atoms with Gasteiger partial charge in [0.2, 0.25) is 0 Å². The number of ketones is 2. The molecular formula is C32H37NO8. The van der Waals surface area contributed by atoms with Gasteiger partial charge in [-0.15, -0.1) is 0 Å². The first-order chi connectivity index (χ1) is 19.3. The Morgan fingerprint density at radius 2 is 1.15 bits per heavy atom. The number of nitrogens with one attached hydrogen (secondary N) is 1. The van der Waals surface area contributed by atoms with Gasteiger partial charge in [-0.3, -0.25) is 14.4 Å². The van der Waals surface area contributed by atoms with E-state index in [2.05, 4.69) is 5.32 Å². The second-order valence-electron chi connectivity index (χ2n) is 12.1. The number of Topliss-reactive ketones (excluding diaryl/α,β-unsaturated/α-hetero) is 2. The van der Waals surface area contributed by atoms with Crippen LogP contribution in [0.5, 0.6) is 0 Å². The fourth-order valence-corrected chi connectivity index (χ4v) is 4.76. The fraction of sp³-hybridized carbons (Fsp3) is 0.469. The Bertz CT molecular complexity index is 1310. The molecular weight excluding hydrogens is 526 g/mol. The Labute approximate surface area is 239 Å². The minimum absolute atomic E-state index is 0.270. The maximum atomic E-state index is 12.7. The molecule has 2 aromatic rings. The number of hydrogen-bond donors (Lipinski definition) is 1. The summed E-state index contributed by atoms with van der Waals surface area (Å²) in [5.74, 6) is -1.62. The topological polar surface area (TPSA) is 125 Å². The van der Waals surface area contributed by atoms with Crippen molar-refractivity contribution < 1.29 is 38.2 Å². The molecule has 41 heavy (non-hydrogen) atoms. The van der Waals surface area contributed by atoms with Gasteiger partial charge in [-0.2, -0.15) is 0 Å². The van der Waals surface area contributed by atoms with Crippen molar-refractivity contribution >= 4 is 29.6 Å². The first kappa shape index (κ1) is 30.0. The summed E-state index contributed by atoms with van der Waals surface area (Å²) in [5, 5.41) is 2.62. The summed E-state index contributed by atoms with van der Waals surface area (Å²) in [6.45, 7) is 6.33. The monoisotopic (exact) mass is 563 g/mol. The van der Waals surface area contributed by atoms with Crippen LogP contribution in [0.1, 0.15) is 86.9 Å². The van der Waals surface area contributed by atoms with Gasteiger partial charge in [-0.25, -0.2) is 9.59 Å². The molecule has 2 aromatic carbocycles. The molecule has 0 spiro atoms. The van der Waals surface area contributed by atoms with E-state index >= 15 is 0 Å². The highest BCUT2D eigenvalue weighted by atomic mass is 16.6. The number of carbonyl (C=O) groups is 5. The van der Waals surface area contributed by atoms with Gasteiger partial charge in [-0.05, 0) is 70.9 Å². The minimum Gasteiger partial charge on any atom is -0.457 e. The van der Waals surface area contributed by atoms with Crippen LogP contribution in [0.4, 0.5) is 4.79 Å². The van der Waals surface area contributed by atoms with Crippen LogP contribution in [0.2, 0.25) is 0 Å². The predicted octanol–water partition coefficient (Wildman–Crippen LogP) is 5.44. The molecule has 0 heterocycles. The normalized spacial score (nSPS) is 16.8. The van der Waals surface area contributed by atoms with Crippen molar-refractivity contribution in [2.45, 2.75) is 77.4 Å². The first-order valence-electron chi connectivity index (χ1n) is 13.9. The summed E-state index contributed by atoms with van der Waals surface area (Å²) < 4.78 is 15.8. The van der Waals surface area contributed by atoms with Crippen molar-refractivity contribution in [1.29, 1.82) is 0 Å². The Kier molecular flexibility index (Phi) is 8.66. The second kappa shape index (κ2) is 11.8. The largest absolute Gasteiger partial charge is 0.457 e. The smallest absolute Gasteiger partial charge is 0.408 e. The molecule has 2 aliphatic rings. The fourth-order valence-electron chi connectivity index (χ4n) is 4.76. The molecule has 9 heteroatoms. The maximum absolute atomic E-state index is 12.7. The molecule has 218 valence electrons. The first-order valence-corrected chi connectivity index (χ1v) is 13.9. The molecule has 4 rings (SSSR count). The van der Waals surface area contributed by atoms with Gasteiger partial charge in [0.15, 0.2) is 24.8 Å². The summed E-state index contributed by atoms with van der Waals surface area (Å²) in [4.78, 5) is 62.3. The molecule has 0 radical (unpaired) electrons. The molecule has 2 fully saturated rings. The Morgan fingerprint density at radius 3 is 1.51 bits per heavy atom. The van der Waals surface area contributed by atoms with E-state index in [4.69, 9.17) is 14.2 Å². The number of hydrogen-bond acceptors (Lipinski definition) is 8. The van der Waals surface area contributed by atoms with Gasteiger partial charge in [-0.1, -0.05) is 55.0 Å². The zero-order valence-electron chi connectivity index (χ0n) is 24.0. The minimum atomic E-state index is -1.17. The zero-order chi connectivity index (χ0) is 29.8. The van der Waals surface area contributed by atoms with E-state index in [0.717, 1.165) is 36.8 Å². The van der Waals surface area contributed by atoms with Crippen LogP contribution in [-0.4, -0.2) is 54.0 Å². The third-order valence-corrected chi connectivity index (χ3v) is 7.70. The molecule has 0 saturated heterocycles. The molecule has 0 aliphatic heterocycles. The van der Waals surface area contributed by atoms with E-state index in [-0.39, 0.29) is 24.1 Å². The summed E-state index contributed by atoms with van der Waals surface area (Å²) in [6.07, 6.45) is 3.47. The second-order valence-corrected chi connectivity index (χ2v) is 12.1. The van der Waals surface area contributed by atoms with Crippen LogP contribution in [0, 0.1) is 5.41 Å². The van der Waals surface area contributed by atoms with Gasteiger partial charge >= 0.3 is 18.0 Å². The average Bonchev–Trinajstić information content (AvgIpc) is 2.89. The predicted molar refractivity (Wildman–Crippen MR) is 150 cm³/mol. The molecule has 0 aromatic heterocycles. The van der Waals surface area contributed by atoms with Crippen molar-refractivity contribution in [3.63, 3.8) is 0 Å². The van der Waals surface area contributed by atoms with Crippen LogP contribution in [0.15, 0.2) is 48.5 Å². The van der Waals surface area contributed by atoms with E-state index in [1.807, 2.05) is 6.92 Å². The SMILES string of the molecule is CC(C)(C)OC(=O)NC1(C(=O)OCC(=O)c2ccc(-c3ccc(C(=O)COC(=O)C4(C)CCC4)cc3)cc2)CCC1. The summed E-state index contributed by atoms with van der Waals surface area (Å²) in [5.41, 5.74) is 0.151. The molecule has 0 bridgehead atoms. The summed E-state index contributed by atoms with van der Waals surface area (Å²) in [7, 11) is 0. The van der Waals surface area contributed by atoms with E-state index in [1.54, 1.807) is 69.3 Å². The van der Waals surface area contributed by atoms with Crippen LogP contribution >= 0.6 is 0 Å². The quantitative estimate of drug-likeness (QED) is 0.230. The van der Waals surface area contributed by atoms with Crippen LogP contribution in [0.25, 0.3) is 11.1 Å². The van der Waals surface area contributed by atoms with E-state index in [9.17, 15) is 24.0 Å². The van der Waals surface area contributed by atoms with Crippen LogP contribution < -0.4 is 5.32 Å². The summed E-state index contributed by atoms with van der Waals surface area (Å²) >= 11 is 0. The van der Waals surface area contributed by atoms with Crippen LogP contribution in [-0.2, 0) is 23.8 Å². The number of ether oxygens (including phenoxy) is 3. The number of amides is 1. The highest BCUT2D eigenvalue weighted by Crippen LogP contribution is 2.41. The lowest BCUT2D eigenvalue weighted by Crippen LogP contribution is -2.60. The lowest BCUT2D eigenvalue weighted by atomic mass is 9.70. The van der Waals surface area contributed by atoms with Gasteiger partial charge in [0.1, 0.15) is 11.1 Å². The molecule has 0 unspecified atom stereocenters. The molecule has 2 aliphatic carbocycles. The van der Waals surface area contributed by atoms with Crippen molar-refractivity contribution in [1.82, 2.24) is 5.32 Å². The Hall–Kier alpha value is -4.01. The van der Waals surface area contributed by atoms with E-state index in [0.29, 0.717) is 24.0 Å². The highest BCUT2D eigenvalue weighted by molar-refractivity contribution is 6.00. The zero-order valence-corrected chi connectivity index (χ0v) is 24.0. The number of benzene rings is 2.